The lowest BCUT2D eigenvalue weighted by Crippen LogP contribution is -2.26. The van der Waals surface area contributed by atoms with Crippen molar-refractivity contribution in [2.45, 2.75) is 45.2 Å². The van der Waals surface area contributed by atoms with E-state index in [4.69, 9.17) is 5.11 Å². The van der Waals surface area contributed by atoms with E-state index in [1.165, 1.54) is 16.8 Å². The van der Waals surface area contributed by atoms with E-state index in [1.807, 2.05) is 19.9 Å². The third-order valence-corrected chi connectivity index (χ3v) is 6.11. The molecule has 1 unspecified atom stereocenters. The van der Waals surface area contributed by atoms with Crippen LogP contribution in [0.2, 0.25) is 0 Å². The topological polar surface area (TPSA) is 88.4 Å². The van der Waals surface area contributed by atoms with Crippen molar-refractivity contribution in [3.63, 3.8) is 0 Å². The van der Waals surface area contributed by atoms with E-state index in [-0.39, 0.29) is 16.6 Å². The summed E-state index contributed by atoms with van der Waals surface area (Å²) >= 11 is 1.62. The van der Waals surface area contributed by atoms with E-state index in [0.29, 0.717) is 6.54 Å². The number of aromatic nitrogens is 1. The Hall–Kier alpha value is -1.64. The number of hydrogen-bond donors (Lipinski definition) is 2. The molecule has 0 spiro atoms. The summed E-state index contributed by atoms with van der Waals surface area (Å²) < 4.78 is 29.1. The molecule has 8 heteroatoms. The van der Waals surface area contributed by atoms with Gasteiger partial charge in [-0.15, -0.1) is 11.3 Å². The van der Waals surface area contributed by atoms with Crippen LogP contribution in [0, 0.1) is 13.8 Å². The number of thiophene rings is 1. The van der Waals surface area contributed by atoms with Gasteiger partial charge in [-0.25, -0.2) is 17.9 Å². The number of carboxylic acids is 1. The highest BCUT2D eigenvalue weighted by Crippen LogP contribution is 2.27. The Balaban J connectivity index is 2.32. The number of nitrogens with one attached hydrogen (secondary N) is 1. The summed E-state index contributed by atoms with van der Waals surface area (Å²) in [6, 6.07) is 2.77. The highest BCUT2D eigenvalue weighted by Gasteiger charge is 2.24. The van der Waals surface area contributed by atoms with Crippen molar-refractivity contribution in [1.29, 1.82) is 0 Å². The van der Waals surface area contributed by atoms with Gasteiger partial charge in [0.25, 0.3) is 0 Å². The third-order valence-electron chi connectivity index (χ3n) is 3.62. The van der Waals surface area contributed by atoms with Gasteiger partial charge in [-0.05, 0) is 45.4 Å². The monoisotopic (exact) mass is 356 g/mol. The molecule has 23 heavy (non-hydrogen) atoms. The molecule has 126 valence electrons. The fourth-order valence-electron chi connectivity index (χ4n) is 2.52. The second-order valence-corrected chi connectivity index (χ2v) is 8.54. The van der Waals surface area contributed by atoms with Crippen LogP contribution in [0.4, 0.5) is 0 Å². The van der Waals surface area contributed by atoms with Crippen molar-refractivity contribution in [3.8, 4) is 0 Å². The number of carboxylic acid groups (broad SMARTS) is 1. The molecule has 0 amide bonds. The number of aromatic carboxylic acids is 1. The lowest BCUT2D eigenvalue weighted by atomic mass is 10.1. The maximum absolute atomic E-state index is 12.5. The van der Waals surface area contributed by atoms with Gasteiger partial charge in [0.1, 0.15) is 10.6 Å². The molecule has 0 fully saturated rings. The van der Waals surface area contributed by atoms with Gasteiger partial charge in [-0.2, -0.15) is 0 Å². The van der Waals surface area contributed by atoms with Crippen molar-refractivity contribution >= 4 is 27.3 Å². The Morgan fingerprint density at radius 1 is 1.39 bits per heavy atom. The van der Waals surface area contributed by atoms with Crippen LogP contribution in [0.3, 0.4) is 0 Å². The minimum absolute atomic E-state index is 0.0341. The van der Waals surface area contributed by atoms with Crippen molar-refractivity contribution in [1.82, 2.24) is 9.29 Å². The van der Waals surface area contributed by atoms with Gasteiger partial charge in [0, 0.05) is 28.5 Å². The first-order chi connectivity index (χ1) is 10.7. The zero-order valence-electron chi connectivity index (χ0n) is 13.5. The van der Waals surface area contributed by atoms with Gasteiger partial charge in [0.05, 0.1) is 0 Å². The van der Waals surface area contributed by atoms with Crippen LogP contribution in [-0.2, 0) is 16.6 Å². The number of aryl methyl sites for hydroxylation is 3. The minimum Gasteiger partial charge on any atom is -0.477 e. The van der Waals surface area contributed by atoms with E-state index in [9.17, 15) is 13.2 Å². The first-order valence-electron chi connectivity index (χ1n) is 7.18. The average Bonchev–Trinajstić information content (AvgIpc) is 3.01. The summed E-state index contributed by atoms with van der Waals surface area (Å²) in [7, 11) is -3.79. The molecule has 0 saturated heterocycles. The minimum atomic E-state index is -3.79. The summed E-state index contributed by atoms with van der Waals surface area (Å²) in [6.07, 6.45) is 1.35. The lowest BCUT2D eigenvalue weighted by molar-refractivity contribution is 0.0685. The van der Waals surface area contributed by atoms with Gasteiger partial charge in [-0.1, -0.05) is 0 Å². The Morgan fingerprint density at radius 2 is 2.04 bits per heavy atom. The molecule has 2 rings (SSSR count). The van der Waals surface area contributed by atoms with Crippen LogP contribution < -0.4 is 4.72 Å². The summed E-state index contributed by atoms with van der Waals surface area (Å²) in [5.74, 6) is -1.15. The Bertz CT molecular complexity index is 834. The molecule has 0 aliphatic carbocycles. The fraction of sp³-hybridized carbons (Fsp3) is 0.400. The summed E-state index contributed by atoms with van der Waals surface area (Å²) in [4.78, 5) is 13.3. The third kappa shape index (κ3) is 3.65. The Morgan fingerprint density at radius 3 is 2.48 bits per heavy atom. The number of carbonyl (C=O) groups is 1. The second kappa shape index (κ2) is 6.46. The van der Waals surface area contributed by atoms with Crippen LogP contribution in [-0.4, -0.2) is 24.1 Å². The number of hydrogen-bond acceptors (Lipinski definition) is 4. The molecule has 0 radical (unpaired) electrons. The van der Waals surface area contributed by atoms with Crippen LogP contribution in [0.1, 0.15) is 45.7 Å². The molecule has 6 nitrogen and oxygen atoms in total. The standard InChI is InChI=1S/C15H20N2O4S2/c1-5-17-8-12(7-14(17)15(18)19)23(20,21)16-10(3)13-6-9(2)22-11(13)4/h6-8,10,16H,5H2,1-4H3,(H,18,19). The lowest BCUT2D eigenvalue weighted by Gasteiger charge is -2.13. The quantitative estimate of drug-likeness (QED) is 0.833. The highest BCUT2D eigenvalue weighted by atomic mass is 32.2. The number of sulfonamides is 1. The van der Waals surface area contributed by atoms with Crippen molar-refractivity contribution in [2.24, 2.45) is 0 Å². The molecular formula is C15H20N2O4S2. The van der Waals surface area contributed by atoms with E-state index in [1.54, 1.807) is 25.2 Å². The molecule has 2 heterocycles. The first-order valence-corrected chi connectivity index (χ1v) is 9.48. The Kier molecular flexibility index (Phi) is 4.98. The van der Waals surface area contributed by atoms with Crippen LogP contribution in [0.15, 0.2) is 23.2 Å². The SMILES string of the molecule is CCn1cc(S(=O)(=O)NC(C)c2cc(C)sc2C)cc1C(=O)O. The van der Waals surface area contributed by atoms with Crippen molar-refractivity contribution in [2.75, 3.05) is 0 Å². The summed E-state index contributed by atoms with van der Waals surface area (Å²) in [5.41, 5.74) is 0.896. The van der Waals surface area contributed by atoms with Gasteiger partial charge in [0.2, 0.25) is 10.0 Å². The zero-order valence-corrected chi connectivity index (χ0v) is 15.1. The number of rotatable bonds is 6. The van der Waals surface area contributed by atoms with Crippen LogP contribution in [0.5, 0.6) is 0 Å². The smallest absolute Gasteiger partial charge is 0.352 e. The second-order valence-electron chi connectivity index (χ2n) is 5.36. The van der Waals surface area contributed by atoms with E-state index >= 15 is 0 Å². The van der Waals surface area contributed by atoms with E-state index in [2.05, 4.69) is 4.72 Å². The first kappa shape index (κ1) is 17.7. The molecule has 2 aromatic heterocycles. The maximum atomic E-state index is 12.5. The molecule has 2 aromatic rings. The maximum Gasteiger partial charge on any atom is 0.352 e. The normalized spacial score (nSPS) is 13.2. The van der Waals surface area contributed by atoms with E-state index in [0.717, 1.165) is 15.3 Å². The predicted octanol–water partition coefficient (Wildman–Crippen LogP) is 2.92. The molecule has 0 aliphatic heterocycles. The van der Waals surface area contributed by atoms with Gasteiger partial charge < -0.3 is 9.67 Å². The number of nitrogens with zero attached hydrogens (tertiary/aromatic N) is 1. The highest BCUT2D eigenvalue weighted by molar-refractivity contribution is 7.89. The fourth-order valence-corrected chi connectivity index (χ4v) is 4.80. The largest absolute Gasteiger partial charge is 0.477 e. The van der Waals surface area contributed by atoms with Crippen LogP contribution >= 0.6 is 11.3 Å². The molecule has 0 aromatic carbocycles. The molecule has 2 N–H and O–H groups in total. The van der Waals surface area contributed by atoms with Gasteiger partial charge in [0.15, 0.2) is 0 Å². The molecular weight excluding hydrogens is 336 g/mol. The van der Waals surface area contributed by atoms with Crippen molar-refractivity contribution in [3.05, 3.63) is 39.3 Å². The summed E-state index contributed by atoms with van der Waals surface area (Å²) in [5, 5.41) is 9.14. The molecule has 1 atom stereocenters. The Labute approximate surface area is 139 Å². The van der Waals surface area contributed by atoms with Gasteiger partial charge in [-0.3, -0.25) is 0 Å². The molecule has 0 saturated carbocycles. The average molecular weight is 356 g/mol. The van der Waals surface area contributed by atoms with Gasteiger partial charge >= 0.3 is 5.97 Å². The predicted molar refractivity (Wildman–Crippen MR) is 89.6 cm³/mol. The molecule has 0 bridgehead atoms. The van der Waals surface area contributed by atoms with E-state index < -0.39 is 16.0 Å². The van der Waals surface area contributed by atoms with Crippen LogP contribution in [0.25, 0.3) is 0 Å². The molecule has 0 aliphatic rings. The van der Waals surface area contributed by atoms with Crippen molar-refractivity contribution < 1.29 is 18.3 Å². The summed E-state index contributed by atoms with van der Waals surface area (Å²) in [6.45, 7) is 7.85. The zero-order chi connectivity index (χ0) is 17.4.